The second kappa shape index (κ2) is 5.37. The molecule has 3 aromatic heterocycles. The van der Waals surface area contributed by atoms with Gasteiger partial charge in [0.2, 0.25) is 0 Å². The zero-order valence-corrected chi connectivity index (χ0v) is 12.6. The van der Waals surface area contributed by atoms with Crippen molar-refractivity contribution in [3.8, 4) is 11.5 Å². The van der Waals surface area contributed by atoms with Crippen molar-refractivity contribution >= 4 is 16.9 Å². The monoisotopic (exact) mass is 325 g/mol. The first-order valence-electron chi connectivity index (χ1n) is 7.16. The molecule has 0 radical (unpaired) electrons. The van der Waals surface area contributed by atoms with Gasteiger partial charge in [-0.3, -0.25) is 0 Å². The first-order chi connectivity index (χ1) is 11.6. The summed E-state index contributed by atoms with van der Waals surface area (Å²) in [5, 5.41) is 15.5. The van der Waals surface area contributed by atoms with Crippen molar-refractivity contribution in [2.45, 2.75) is 13.5 Å². The number of benzene rings is 1. The number of rotatable bonds is 3. The Morgan fingerprint density at radius 2 is 2.04 bits per heavy atom. The summed E-state index contributed by atoms with van der Waals surface area (Å²) in [6.07, 6.45) is 0. The van der Waals surface area contributed by atoms with Gasteiger partial charge in [-0.1, -0.05) is 6.07 Å². The molecule has 0 bridgehead atoms. The predicted molar refractivity (Wildman–Crippen MR) is 83.3 cm³/mol. The number of fused-ring (bicyclic) bond motifs is 1. The van der Waals surface area contributed by atoms with Crippen LogP contribution in [0.4, 0.5) is 10.2 Å². The Morgan fingerprint density at radius 1 is 1.17 bits per heavy atom. The molecular weight excluding hydrogens is 313 g/mol. The SMILES string of the molecule is Cc1ccc(Cn2c(-c3nonc3N)nc3cccc(F)c32)nn1. The van der Waals surface area contributed by atoms with Gasteiger partial charge in [0.05, 0.1) is 23.4 Å². The van der Waals surface area contributed by atoms with E-state index in [1.165, 1.54) is 6.07 Å². The average Bonchev–Trinajstić information content (AvgIpc) is 3.14. The molecule has 0 saturated carbocycles. The smallest absolute Gasteiger partial charge is 0.199 e. The second-order valence-electron chi connectivity index (χ2n) is 5.29. The number of hydrogen-bond donors (Lipinski definition) is 1. The van der Waals surface area contributed by atoms with Crippen LogP contribution in [-0.2, 0) is 6.54 Å². The summed E-state index contributed by atoms with van der Waals surface area (Å²) in [5.41, 5.74) is 8.29. The number of imidazole rings is 1. The van der Waals surface area contributed by atoms with Crippen molar-refractivity contribution in [1.82, 2.24) is 30.1 Å². The van der Waals surface area contributed by atoms with Gasteiger partial charge in [0.1, 0.15) is 11.3 Å². The van der Waals surface area contributed by atoms with Crippen molar-refractivity contribution in [3.63, 3.8) is 0 Å². The molecule has 0 amide bonds. The highest BCUT2D eigenvalue weighted by atomic mass is 19.1. The van der Waals surface area contributed by atoms with Crippen LogP contribution in [-0.4, -0.2) is 30.1 Å². The number of anilines is 1. The number of nitrogens with two attached hydrogens (primary N) is 1. The lowest BCUT2D eigenvalue weighted by Gasteiger charge is -2.07. The summed E-state index contributed by atoms with van der Waals surface area (Å²) in [4.78, 5) is 4.42. The van der Waals surface area contributed by atoms with Crippen LogP contribution < -0.4 is 5.73 Å². The second-order valence-corrected chi connectivity index (χ2v) is 5.29. The topological polar surface area (TPSA) is 109 Å². The van der Waals surface area contributed by atoms with Crippen LogP contribution in [0.2, 0.25) is 0 Å². The van der Waals surface area contributed by atoms with E-state index in [9.17, 15) is 4.39 Å². The van der Waals surface area contributed by atoms with E-state index in [0.717, 1.165) is 5.69 Å². The minimum absolute atomic E-state index is 0.0851. The molecule has 120 valence electrons. The number of nitrogens with zero attached hydrogens (tertiary/aromatic N) is 6. The summed E-state index contributed by atoms with van der Waals surface area (Å²) in [7, 11) is 0. The molecule has 4 rings (SSSR count). The van der Waals surface area contributed by atoms with Crippen molar-refractivity contribution in [3.05, 3.63) is 47.5 Å². The molecule has 0 aliphatic heterocycles. The predicted octanol–water partition coefficient (Wildman–Crippen LogP) is 1.95. The third kappa shape index (κ3) is 2.26. The quantitative estimate of drug-likeness (QED) is 0.613. The third-order valence-electron chi connectivity index (χ3n) is 3.62. The van der Waals surface area contributed by atoms with Gasteiger partial charge in [0.15, 0.2) is 17.3 Å². The Morgan fingerprint density at radius 3 is 2.75 bits per heavy atom. The Hall–Kier alpha value is -3.36. The largest absolute Gasteiger partial charge is 0.379 e. The van der Waals surface area contributed by atoms with Crippen molar-refractivity contribution in [2.24, 2.45) is 0 Å². The Kier molecular flexibility index (Phi) is 3.19. The minimum atomic E-state index is -0.402. The number of aromatic nitrogens is 6. The van der Waals surface area contributed by atoms with Gasteiger partial charge in [0, 0.05) is 0 Å². The summed E-state index contributed by atoms with van der Waals surface area (Å²) >= 11 is 0. The molecule has 0 fully saturated rings. The molecule has 8 nitrogen and oxygen atoms in total. The molecule has 3 heterocycles. The average molecular weight is 325 g/mol. The van der Waals surface area contributed by atoms with E-state index >= 15 is 0 Å². The fourth-order valence-electron chi connectivity index (χ4n) is 2.50. The van der Waals surface area contributed by atoms with Gasteiger partial charge in [0.25, 0.3) is 0 Å². The van der Waals surface area contributed by atoms with Crippen LogP contribution in [0.5, 0.6) is 0 Å². The fourth-order valence-corrected chi connectivity index (χ4v) is 2.50. The summed E-state index contributed by atoms with van der Waals surface area (Å²) in [6, 6.07) is 8.33. The molecule has 1 aromatic carbocycles. The highest BCUT2D eigenvalue weighted by Gasteiger charge is 2.21. The molecule has 0 unspecified atom stereocenters. The van der Waals surface area contributed by atoms with Gasteiger partial charge >= 0.3 is 0 Å². The molecule has 0 aliphatic rings. The number of aryl methyl sites for hydroxylation is 1. The summed E-state index contributed by atoms with van der Waals surface area (Å²) in [6.45, 7) is 2.10. The number of para-hydroxylation sites is 1. The Balaban J connectivity index is 1.94. The standard InChI is InChI=1S/C15H12FN7O/c1-8-5-6-9(20-19-8)7-23-13-10(16)3-2-4-11(13)18-15(23)12-14(17)22-24-21-12/h2-6H,7H2,1H3,(H2,17,22). The molecule has 0 spiro atoms. The zero-order chi connectivity index (χ0) is 16.7. The van der Waals surface area contributed by atoms with Gasteiger partial charge < -0.3 is 10.3 Å². The van der Waals surface area contributed by atoms with Crippen LogP contribution in [0.25, 0.3) is 22.6 Å². The van der Waals surface area contributed by atoms with Crippen LogP contribution >= 0.6 is 0 Å². The molecular formula is C15H12FN7O. The van der Waals surface area contributed by atoms with E-state index in [1.807, 2.05) is 19.1 Å². The minimum Gasteiger partial charge on any atom is -0.379 e. The molecule has 0 aliphatic carbocycles. The van der Waals surface area contributed by atoms with Crippen LogP contribution in [0, 0.1) is 12.7 Å². The maximum atomic E-state index is 14.4. The van der Waals surface area contributed by atoms with E-state index in [4.69, 9.17) is 5.73 Å². The first kappa shape index (κ1) is 14.2. The molecule has 4 aromatic rings. The maximum absolute atomic E-state index is 14.4. The molecule has 2 N–H and O–H groups in total. The number of nitrogen functional groups attached to an aromatic ring is 1. The molecule has 0 saturated heterocycles. The van der Waals surface area contributed by atoms with E-state index in [1.54, 1.807) is 16.7 Å². The highest BCUT2D eigenvalue weighted by molar-refractivity contribution is 5.82. The Bertz CT molecular complexity index is 1020. The lowest BCUT2D eigenvalue weighted by atomic mass is 10.3. The number of hydrogen-bond acceptors (Lipinski definition) is 7. The van der Waals surface area contributed by atoms with Crippen LogP contribution in [0.15, 0.2) is 35.0 Å². The molecule has 9 heteroatoms. The summed E-state index contributed by atoms with van der Waals surface area (Å²) < 4.78 is 20.7. The molecule has 24 heavy (non-hydrogen) atoms. The highest BCUT2D eigenvalue weighted by Crippen LogP contribution is 2.28. The van der Waals surface area contributed by atoms with E-state index in [0.29, 0.717) is 22.6 Å². The van der Waals surface area contributed by atoms with Crippen LogP contribution in [0.3, 0.4) is 0 Å². The van der Waals surface area contributed by atoms with Crippen molar-refractivity contribution in [1.29, 1.82) is 0 Å². The Labute approximate surface area is 135 Å². The number of halogens is 1. The van der Waals surface area contributed by atoms with Crippen molar-refractivity contribution in [2.75, 3.05) is 5.73 Å². The normalized spacial score (nSPS) is 11.2. The van der Waals surface area contributed by atoms with Gasteiger partial charge in [-0.2, -0.15) is 10.2 Å². The lowest BCUT2D eigenvalue weighted by Crippen LogP contribution is -2.07. The summed E-state index contributed by atoms with van der Waals surface area (Å²) in [5.74, 6) is 0.0412. The van der Waals surface area contributed by atoms with Gasteiger partial charge in [-0.05, 0) is 41.5 Å². The fraction of sp³-hybridized carbons (Fsp3) is 0.133. The van der Waals surface area contributed by atoms with Crippen molar-refractivity contribution < 1.29 is 9.02 Å². The maximum Gasteiger partial charge on any atom is 0.199 e. The van der Waals surface area contributed by atoms with Crippen LogP contribution in [0.1, 0.15) is 11.4 Å². The van der Waals surface area contributed by atoms with E-state index < -0.39 is 5.82 Å². The van der Waals surface area contributed by atoms with Gasteiger partial charge in [-0.25, -0.2) is 14.0 Å². The first-order valence-corrected chi connectivity index (χ1v) is 7.16. The zero-order valence-electron chi connectivity index (χ0n) is 12.6. The molecule has 0 atom stereocenters. The lowest BCUT2D eigenvalue weighted by molar-refractivity contribution is 0.310. The third-order valence-corrected chi connectivity index (χ3v) is 3.62. The van der Waals surface area contributed by atoms with Gasteiger partial charge in [-0.15, -0.1) is 0 Å². The van der Waals surface area contributed by atoms with E-state index in [-0.39, 0.29) is 18.1 Å². The van der Waals surface area contributed by atoms with E-state index in [2.05, 4.69) is 30.1 Å².